The fourth-order valence-electron chi connectivity index (χ4n) is 0.950. The molecule has 0 aromatic heterocycles. The van der Waals surface area contributed by atoms with Gasteiger partial charge in [0.05, 0.1) is 35.0 Å². The minimum Gasteiger partial charge on any atom is -0.790 e. The second kappa shape index (κ2) is 17.5. The van der Waals surface area contributed by atoms with Crippen molar-refractivity contribution in [2.45, 2.75) is 25.0 Å². The van der Waals surface area contributed by atoms with Crippen LogP contribution in [-0.2, 0) is 52.3 Å². The van der Waals surface area contributed by atoms with Crippen molar-refractivity contribution in [3.05, 3.63) is 0 Å². The average molecular weight is 480 g/mol. The van der Waals surface area contributed by atoms with Gasteiger partial charge in [-0.15, -0.1) is 0 Å². The number of hydrogen-bond acceptors (Lipinski definition) is 12. The quantitative estimate of drug-likeness (QED) is 0.171. The molecule has 0 aliphatic rings. The van der Waals surface area contributed by atoms with Crippen molar-refractivity contribution < 1.29 is 92.3 Å². The second-order valence-electron chi connectivity index (χ2n) is 3.78. The van der Waals surface area contributed by atoms with Gasteiger partial charge in [-0.1, -0.05) is 0 Å². The van der Waals surface area contributed by atoms with Crippen LogP contribution in [-0.4, -0.2) is 59.1 Å². The maximum Gasteiger partial charge on any atom is 2.00 e. The molecule has 0 amide bonds. The van der Waals surface area contributed by atoms with Crippen molar-refractivity contribution in [1.29, 1.82) is 0 Å². The number of phosphoric acid groups is 2. The first-order valence-corrected chi connectivity index (χ1v) is 8.75. The molecule has 1 unspecified atom stereocenters. The summed E-state index contributed by atoms with van der Waals surface area (Å²) in [4.78, 5) is 39.6. The predicted molar refractivity (Wildman–Crippen MR) is 62.5 cm³/mol. The molecule has 0 aromatic rings. The van der Waals surface area contributed by atoms with Gasteiger partial charge < -0.3 is 58.2 Å². The van der Waals surface area contributed by atoms with Gasteiger partial charge in [-0.3, -0.25) is 0 Å². The molecule has 0 heterocycles. The van der Waals surface area contributed by atoms with Crippen LogP contribution in [0.5, 0.6) is 0 Å². The Hall–Kier alpha value is 1.10. The zero-order chi connectivity index (χ0) is 17.8. The fraction of sp³-hybridized carbons (Fsp3) is 1.00. The van der Waals surface area contributed by atoms with Gasteiger partial charge in [-0.25, -0.2) is 0 Å². The average Bonchev–Trinajstić information content (AvgIpc) is 2.34. The van der Waals surface area contributed by atoms with Crippen molar-refractivity contribution in [3.63, 3.8) is 0 Å². The van der Waals surface area contributed by atoms with Gasteiger partial charge in [0.1, 0.15) is 6.10 Å². The molecule has 0 rings (SSSR count). The summed E-state index contributed by atoms with van der Waals surface area (Å²) in [5.41, 5.74) is 0. The first kappa shape index (κ1) is 32.7. The fourth-order valence-corrected chi connectivity index (χ4v) is 1.88. The molecule has 0 aromatic carbocycles. The van der Waals surface area contributed by atoms with E-state index in [0.717, 1.165) is 0 Å². The van der Waals surface area contributed by atoms with Gasteiger partial charge in [0, 0.05) is 13.2 Å². The maximum atomic E-state index is 10.1. The molecular weight excluding hydrogens is 462 g/mol. The van der Waals surface area contributed by atoms with E-state index in [4.69, 9.17) is 20.4 Å². The summed E-state index contributed by atoms with van der Waals surface area (Å²) < 4.78 is 27.4. The smallest absolute Gasteiger partial charge is 0.790 e. The normalized spacial score (nSPS) is 12.5. The molecule has 148 valence electrons. The standard InChI is InChI=1S/C5H13O6P.C3H9O6P.2Fe/c6-3-1-5(2-4-7)11-12(8,9)10;4-1-3(5)2-9-10(6,7)8;;/h5-7H,1-4H2,(H2,8,9,10);3-5H,1-2H2,(H2,6,7,8);;/q;;2*+2/p-4. The van der Waals surface area contributed by atoms with Crippen LogP contribution in [0.4, 0.5) is 0 Å². The van der Waals surface area contributed by atoms with Crippen LogP contribution >= 0.6 is 15.6 Å². The van der Waals surface area contributed by atoms with Crippen LogP contribution in [0, 0.1) is 0 Å². The molecule has 0 saturated carbocycles. The monoisotopic (exact) mass is 480 g/mol. The van der Waals surface area contributed by atoms with E-state index in [1.165, 1.54) is 0 Å². The largest absolute Gasteiger partial charge is 2.00 e. The molecule has 1 atom stereocenters. The van der Waals surface area contributed by atoms with E-state index >= 15 is 0 Å². The summed E-state index contributed by atoms with van der Waals surface area (Å²) in [5.74, 6) is 0. The Labute approximate surface area is 159 Å². The zero-order valence-electron chi connectivity index (χ0n) is 12.1. The SMILES string of the molecule is O=P([O-])([O-])OC(CCO)CCO.O=P([O-])([O-])OCC(O)CO.[Fe+2].[Fe+2]. The van der Waals surface area contributed by atoms with Gasteiger partial charge in [-0.2, -0.15) is 0 Å². The summed E-state index contributed by atoms with van der Waals surface area (Å²) >= 11 is 0. The van der Waals surface area contributed by atoms with E-state index < -0.39 is 41.1 Å². The Bertz CT molecular complexity index is 355. The molecule has 0 radical (unpaired) electrons. The second-order valence-corrected chi connectivity index (χ2v) is 6.04. The first-order valence-electron chi connectivity index (χ1n) is 5.82. The van der Waals surface area contributed by atoms with Crippen molar-refractivity contribution >= 4 is 15.6 Å². The van der Waals surface area contributed by atoms with Crippen molar-refractivity contribution in [2.24, 2.45) is 0 Å². The van der Waals surface area contributed by atoms with Gasteiger partial charge >= 0.3 is 34.1 Å². The number of aliphatic hydroxyl groups is 4. The van der Waals surface area contributed by atoms with Gasteiger partial charge in [-0.05, 0) is 12.8 Å². The summed E-state index contributed by atoms with van der Waals surface area (Å²) in [6, 6.07) is 0. The number of hydrogen-bond donors (Lipinski definition) is 4. The number of aliphatic hydroxyl groups excluding tert-OH is 4. The van der Waals surface area contributed by atoms with Crippen molar-refractivity contribution in [1.82, 2.24) is 0 Å². The molecule has 4 N–H and O–H groups in total. The summed E-state index contributed by atoms with van der Waals surface area (Å²) in [6.45, 7) is -1.91. The molecule has 0 fully saturated rings. The van der Waals surface area contributed by atoms with Crippen molar-refractivity contribution in [3.8, 4) is 0 Å². The van der Waals surface area contributed by atoms with E-state index in [1.54, 1.807) is 0 Å². The van der Waals surface area contributed by atoms with E-state index in [1.807, 2.05) is 0 Å². The Kier molecular flexibility index (Phi) is 23.9. The Morgan fingerprint density at radius 1 is 0.875 bits per heavy atom. The van der Waals surface area contributed by atoms with Crippen LogP contribution in [0.2, 0.25) is 0 Å². The molecule has 0 aliphatic carbocycles. The molecule has 12 nitrogen and oxygen atoms in total. The van der Waals surface area contributed by atoms with E-state index in [2.05, 4.69) is 9.05 Å². The Balaban J connectivity index is -0.000000156. The van der Waals surface area contributed by atoms with E-state index in [9.17, 15) is 28.7 Å². The zero-order valence-corrected chi connectivity index (χ0v) is 16.1. The van der Waals surface area contributed by atoms with Crippen LogP contribution < -0.4 is 19.6 Å². The van der Waals surface area contributed by atoms with Gasteiger partial charge in [0.2, 0.25) is 0 Å². The first-order chi connectivity index (χ1) is 9.95. The van der Waals surface area contributed by atoms with E-state index in [-0.39, 0.29) is 60.2 Å². The Morgan fingerprint density at radius 2 is 1.29 bits per heavy atom. The number of phosphoric ester groups is 2. The molecule has 16 heteroatoms. The van der Waals surface area contributed by atoms with Crippen LogP contribution in [0.25, 0.3) is 0 Å². The Morgan fingerprint density at radius 3 is 1.54 bits per heavy atom. The van der Waals surface area contributed by atoms with Crippen LogP contribution in [0.1, 0.15) is 12.8 Å². The van der Waals surface area contributed by atoms with Gasteiger partial charge in [0.25, 0.3) is 0 Å². The van der Waals surface area contributed by atoms with E-state index in [0.29, 0.717) is 0 Å². The molecule has 0 spiro atoms. The molecular formula is C8H18Fe2O12P2. The minimum absolute atomic E-state index is 0. The molecule has 0 bridgehead atoms. The summed E-state index contributed by atoms with van der Waals surface area (Å²) in [7, 11) is -10.0. The minimum atomic E-state index is -5.00. The van der Waals surface area contributed by atoms with Crippen LogP contribution in [0.15, 0.2) is 0 Å². The van der Waals surface area contributed by atoms with Crippen LogP contribution in [0.3, 0.4) is 0 Å². The molecule has 24 heavy (non-hydrogen) atoms. The molecule has 0 saturated heterocycles. The third kappa shape index (κ3) is 27.9. The van der Waals surface area contributed by atoms with Gasteiger partial charge in [0.15, 0.2) is 0 Å². The third-order valence-corrected chi connectivity index (χ3v) is 2.84. The van der Waals surface area contributed by atoms with Crippen molar-refractivity contribution in [2.75, 3.05) is 26.4 Å². The topological polar surface area (TPSA) is 226 Å². The number of rotatable bonds is 10. The summed E-state index contributed by atoms with van der Waals surface area (Å²) in [5, 5.41) is 33.4. The molecule has 0 aliphatic heterocycles. The summed E-state index contributed by atoms with van der Waals surface area (Å²) in [6.07, 6.45) is -2.19. The maximum absolute atomic E-state index is 10.1. The predicted octanol–water partition coefficient (Wildman–Crippen LogP) is -4.85. The third-order valence-electron chi connectivity index (χ3n) is 1.82.